The Hall–Kier alpha value is -12.8. The fourth-order valence-corrected chi connectivity index (χ4v) is 18.6. The van der Waals surface area contributed by atoms with Crippen LogP contribution in [0.15, 0.2) is 364 Å². The van der Waals surface area contributed by atoms with Crippen LogP contribution in [0.4, 0.5) is 0 Å². The molecule has 0 amide bonds. The van der Waals surface area contributed by atoms with Crippen molar-refractivity contribution in [2.75, 3.05) is 0 Å². The van der Waals surface area contributed by atoms with Crippen LogP contribution in [-0.2, 0) is 0 Å². The van der Waals surface area contributed by atoms with E-state index in [1.165, 1.54) is 178 Å². The van der Waals surface area contributed by atoms with Gasteiger partial charge in [-0.15, -0.1) is 22.7 Å². The van der Waals surface area contributed by atoms with Crippen LogP contribution < -0.4 is 0 Å². The summed E-state index contributed by atoms with van der Waals surface area (Å²) < 4.78 is 15.1. The van der Waals surface area contributed by atoms with Crippen LogP contribution in [0.25, 0.3) is 195 Å². The first-order chi connectivity index (χ1) is 50.6. The molecule has 6 aromatic heterocycles. The molecule has 0 saturated heterocycles. The summed E-state index contributed by atoms with van der Waals surface area (Å²) in [5.41, 5.74) is 24.1. The number of benzene rings is 16. The molecule has 0 fully saturated rings. The Kier molecular flexibility index (Phi) is 13.3. The predicted molar refractivity (Wildman–Crippen MR) is 438 cm³/mol. The molecule has 6 heterocycles. The fourth-order valence-electron chi connectivity index (χ4n) is 16.4. The maximum Gasteiger partial charge on any atom is 0.0548 e. The maximum absolute atomic E-state index is 2.45. The Morgan fingerprint density at radius 3 is 0.775 bits per heavy atom. The van der Waals surface area contributed by atoms with Gasteiger partial charge in [-0.25, -0.2) is 0 Å². The average molecular weight is 1330 g/mol. The van der Waals surface area contributed by atoms with Crippen LogP contribution in [0.1, 0.15) is 0 Å². The first-order valence-corrected chi connectivity index (χ1v) is 36.5. The minimum atomic E-state index is 1.15. The number of rotatable bonds is 8. The molecule has 0 atom stereocenters. The van der Waals surface area contributed by atoms with Gasteiger partial charge < -0.3 is 18.3 Å². The van der Waals surface area contributed by atoms with Crippen LogP contribution in [0.3, 0.4) is 0 Å². The summed E-state index contributed by atoms with van der Waals surface area (Å²) in [7, 11) is 0. The maximum atomic E-state index is 2.45. The van der Waals surface area contributed by atoms with Crippen molar-refractivity contribution in [1.29, 1.82) is 0 Å². The SMILES string of the molecule is c1ccc(-c2ccc(-n3c4ccc(-c5ccc6sc7ccccc7c6c5)cc4c4c5c6ccccc6n(-c6ccccc6)c5ccc43)cc2)cc1.c1ccc(-c2ccc(-n3c4ccccc4c4c5c6cc(-c7ccc8sc9ccccc9c8c7)ccc6n(-c6ccccc6)c5ccc43)cc2)cc1. The van der Waals surface area contributed by atoms with E-state index in [9.17, 15) is 0 Å². The molecule has 0 unspecified atom stereocenters. The van der Waals surface area contributed by atoms with Gasteiger partial charge in [-0.3, -0.25) is 0 Å². The summed E-state index contributed by atoms with van der Waals surface area (Å²) in [4.78, 5) is 0. The van der Waals surface area contributed by atoms with Crippen molar-refractivity contribution in [3.8, 4) is 67.3 Å². The van der Waals surface area contributed by atoms with E-state index < -0.39 is 0 Å². The van der Waals surface area contributed by atoms with Gasteiger partial charge >= 0.3 is 0 Å². The molecule has 0 aliphatic rings. The Morgan fingerprint density at radius 1 is 0.147 bits per heavy atom. The third-order valence-electron chi connectivity index (χ3n) is 21.0. The highest BCUT2D eigenvalue weighted by Gasteiger charge is 2.24. The quantitative estimate of drug-likeness (QED) is 0.144. The van der Waals surface area contributed by atoms with Crippen molar-refractivity contribution >= 4 is 150 Å². The lowest BCUT2D eigenvalue weighted by molar-refractivity contribution is 1.17. The van der Waals surface area contributed by atoms with Gasteiger partial charge in [-0.1, -0.05) is 218 Å². The number of thiophene rings is 2. The molecule has 102 heavy (non-hydrogen) atoms. The van der Waals surface area contributed by atoms with Gasteiger partial charge in [0, 0.05) is 106 Å². The summed E-state index contributed by atoms with van der Waals surface area (Å²) in [6.45, 7) is 0. The zero-order valence-electron chi connectivity index (χ0n) is 55.2. The number of hydrogen-bond donors (Lipinski definition) is 0. The summed E-state index contributed by atoms with van der Waals surface area (Å²) in [5.74, 6) is 0. The van der Waals surface area contributed by atoms with Crippen molar-refractivity contribution in [1.82, 2.24) is 18.3 Å². The van der Waals surface area contributed by atoms with E-state index in [2.05, 4.69) is 382 Å². The van der Waals surface area contributed by atoms with Gasteiger partial charge in [0.05, 0.1) is 44.1 Å². The first-order valence-electron chi connectivity index (χ1n) is 34.9. The highest BCUT2D eigenvalue weighted by Crippen LogP contribution is 2.48. The Bertz CT molecular complexity index is 7070. The summed E-state index contributed by atoms with van der Waals surface area (Å²) >= 11 is 3.74. The minimum absolute atomic E-state index is 1.15. The monoisotopic (exact) mass is 1330 g/mol. The molecule has 22 aromatic rings. The van der Waals surface area contributed by atoms with E-state index in [1.54, 1.807) is 0 Å². The molecule has 0 aliphatic heterocycles. The second-order valence-electron chi connectivity index (χ2n) is 26.7. The molecule has 0 N–H and O–H groups in total. The van der Waals surface area contributed by atoms with Crippen molar-refractivity contribution in [3.05, 3.63) is 364 Å². The minimum Gasteiger partial charge on any atom is -0.309 e. The van der Waals surface area contributed by atoms with E-state index in [4.69, 9.17) is 0 Å². The van der Waals surface area contributed by atoms with Gasteiger partial charge in [-0.2, -0.15) is 0 Å². The summed E-state index contributed by atoms with van der Waals surface area (Å²) in [6.07, 6.45) is 0. The molecule has 0 aliphatic carbocycles. The molecular weight excluding hydrogens is 1270 g/mol. The zero-order chi connectivity index (χ0) is 66.9. The smallest absolute Gasteiger partial charge is 0.0548 e. The molecule has 22 rings (SSSR count). The molecule has 476 valence electrons. The van der Waals surface area contributed by atoms with Crippen LogP contribution in [-0.4, -0.2) is 18.3 Å². The Labute approximate surface area is 595 Å². The van der Waals surface area contributed by atoms with E-state index in [0.29, 0.717) is 0 Å². The molecule has 0 saturated carbocycles. The number of fused-ring (bicyclic) bond motifs is 20. The van der Waals surface area contributed by atoms with Crippen molar-refractivity contribution in [3.63, 3.8) is 0 Å². The molecule has 4 nitrogen and oxygen atoms in total. The van der Waals surface area contributed by atoms with Crippen LogP contribution in [0.5, 0.6) is 0 Å². The number of nitrogens with zero attached hydrogens (tertiary/aromatic N) is 4. The first kappa shape index (κ1) is 58.2. The van der Waals surface area contributed by atoms with Gasteiger partial charge in [0.2, 0.25) is 0 Å². The zero-order valence-corrected chi connectivity index (χ0v) is 56.9. The standard InChI is InChI=1S/2C48H30N2S/c1-3-11-31(12-4-1)32-19-23-36(24-20-32)50-41-17-9-7-16-38(41)47-43(50)26-27-44-48(47)40-30-33(21-25-42(40)49(44)35-13-5-2-6-14-35)34-22-28-46-39(29-34)37-15-8-10-18-45(37)51-46;1-3-11-31(12-4-1)32-19-23-36(24-20-32)50-42-25-21-33(34-22-28-46-39(29-34)37-15-8-10-18-45(37)51-46)30-40(42)48-44(50)27-26-43-47(48)38-16-7-9-17-41(38)49(43)35-13-5-2-6-14-35/h2*1-30H. The normalized spacial score (nSPS) is 11.9. The van der Waals surface area contributed by atoms with E-state index in [-0.39, 0.29) is 0 Å². The molecule has 6 heteroatoms. The van der Waals surface area contributed by atoms with E-state index in [1.807, 2.05) is 22.7 Å². The largest absolute Gasteiger partial charge is 0.309 e. The lowest BCUT2D eigenvalue weighted by Crippen LogP contribution is -1.95. The molecule has 0 spiro atoms. The second kappa shape index (κ2) is 23.4. The second-order valence-corrected chi connectivity index (χ2v) is 28.8. The van der Waals surface area contributed by atoms with E-state index >= 15 is 0 Å². The molecule has 0 bridgehead atoms. The van der Waals surface area contributed by atoms with Crippen LogP contribution in [0, 0.1) is 0 Å². The molecule has 0 radical (unpaired) electrons. The van der Waals surface area contributed by atoms with Crippen molar-refractivity contribution in [2.45, 2.75) is 0 Å². The summed E-state index contributed by atoms with van der Waals surface area (Å²) in [5, 5.41) is 15.5. The fraction of sp³-hybridized carbons (Fsp3) is 0. The van der Waals surface area contributed by atoms with Crippen molar-refractivity contribution in [2.24, 2.45) is 0 Å². The van der Waals surface area contributed by atoms with Crippen molar-refractivity contribution < 1.29 is 0 Å². The highest BCUT2D eigenvalue weighted by atomic mass is 32.1. The van der Waals surface area contributed by atoms with Crippen LogP contribution in [0.2, 0.25) is 0 Å². The van der Waals surface area contributed by atoms with Gasteiger partial charge in [-0.05, 0) is 190 Å². The number of aromatic nitrogens is 4. The van der Waals surface area contributed by atoms with Gasteiger partial charge in [0.25, 0.3) is 0 Å². The Balaban J connectivity index is 0.000000133. The number of para-hydroxylation sites is 4. The lowest BCUT2D eigenvalue weighted by atomic mass is 9.99. The third-order valence-corrected chi connectivity index (χ3v) is 23.3. The number of hydrogen-bond acceptors (Lipinski definition) is 2. The lowest BCUT2D eigenvalue weighted by Gasteiger charge is -2.10. The van der Waals surface area contributed by atoms with Crippen LogP contribution >= 0.6 is 22.7 Å². The third kappa shape index (κ3) is 9.20. The molecule has 16 aromatic carbocycles. The van der Waals surface area contributed by atoms with Gasteiger partial charge in [0.1, 0.15) is 0 Å². The topological polar surface area (TPSA) is 19.7 Å². The van der Waals surface area contributed by atoms with Gasteiger partial charge in [0.15, 0.2) is 0 Å². The average Bonchev–Trinajstić information content (AvgIpc) is 1.55. The van der Waals surface area contributed by atoms with E-state index in [0.717, 1.165) is 17.1 Å². The highest BCUT2D eigenvalue weighted by molar-refractivity contribution is 7.26. The summed E-state index contributed by atoms with van der Waals surface area (Å²) in [6, 6.07) is 133. The predicted octanol–water partition coefficient (Wildman–Crippen LogP) is 27.2. The Morgan fingerprint density at radius 2 is 0.392 bits per heavy atom. The molecular formula is C96H60N4S2.